The topological polar surface area (TPSA) is 90.0 Å². The standard InChI is InChI=1S/C26H37ClN4O4S/c1-7-8-15-28-26(33)21(4)30(17-22-11-9-10-12-23(22)27)25(32)18-31(36(34,35)29(5)6)24-16-19(2)13-14-20(24)3/h9-14,16,21H,7-8,15,17-18H2,1-6H3,(H,28,33)/t21-/m0/s1. The molecule has 0 aliphatic rings. The van der Waals surface area contributed by atoms with Crippen LogP contribution in [0.4, 0.5) is 5.69 Å². The molecule has 0 heterocycles. The largest absolute Gasteiger partial charge is 0.354 e. The zero-order valence-electron chi connectivity index (χ0n) is 21.9. The van der Waals surface area contributed by atoms with E-state index in [1.54, 1.807) is 44.2 Å². The summed E-state index contributed by atoms with van der Waals surface area (Å²) in [7, 11) is -1.17. The quantitative estimate of drug-likeness (QED) is 0.416. The summed E-state index contributed by atoms with van der Waals surface area (Å²) in [6.07, 6.45) is 1.74. The molecule has 2 aromatic carbocycles. The van der Waals surface area contributed by atoms with Gasteiger partial charge in [0.2, 0.25) is 11.8 Å². The molecule has 1 atom stereocenters. The van der Waals surface area contributed by atoms with Gasteiger partial charge in [-0.1, -0.05) is 55.3 Å². The SMILES string of the molecule is CCCCNC(=O)[C@H](C)N(Cc1ccccc1Cl)C(=O)CN(c1cc(C)ccc1C)S(=O)(=O)N(C)C. The van der Waals surface area contributed by atoms with E-state index in [0.717, 1.165) is 27.0 Å². The zero-order chi connectivity index (χ0) is 27.0. The number of rotatable bonds is 12. The van der Waals surface area contributed by atoms with Crippen LogP contribution >= 0.6 is 11.6 Å². The molecule has 0 aliphatic carbocycles. The second-order valence-corrected chi connectivity index (χ2v) is 11.5. The summed E-state index contributed by atoms with van der Waals surface area (Å²) in [5, 5.41) is 3.32. The summed E-state index contributed by atoms with van der Waals surface area (Å²) in [4.78, 5) is 28.1. The van der Waals surface area contributed by atoms with Crippen molar-refractivity contribution < 1.29 is 18.0 Å². The number of hydrogen-bond acceptors (Lipinski definition) is 4. The Morgan fingerprint density at radius 2 is 1.75 bits per heavy atom. The summed E-state index contributed by atoms with van der Waals surface area (Å²) in [5.74, 6) is -0.822. The van der Waals surface area contributed by atoms with Crippen LogP contribution in [0.25, 0.3) is 0 Å². The molecule has 0 saturated carbocycles. The Labute approximate surface area is 220 Å². The summed E-state index contributed by atoms with van der Waals surface area (Å²) in [5.41, 5.74) is 2.64. The van der Waals surface area contributed by atoms with Crippen molar-refractivity contribution in [2.24, 2.45) is 0 Å². The molecular weight excluding hydrogens is 500 g/mol. The van der Waals surface area contributed by atoms with E-state index in [1.807, 2.05) is 26.0 Å². The fraction of sp³-hybridized carbons (Fsp3) is 0.462. The van der Waals surface area contributed by atoms with Gasteiger partial charge in [0.15, 0.2) is 0 Å². The number of amides is 2. The van der Waals surface area contributed by atoms with Gasteiger partial charge in [0.05, 0.1) is 5.69 Å². The van der Waals surface area contributed by atoms with Gasteiger partial charge in [0.25, 0.3) is 0 Å². The van der Waals surface area contributed by atoms with Crippen molar-refractivity contribution in [3.05, 3.63) is 64.2 Å². The molecule has 10 heteroatoms. The maximum atomic E-state index is 13.8. The zero-order valence-corrected chi connectivity index (χ0v) is 23.5. The number of aryl methyl sites for hydroxylation is 2. The Hall–Kier alpha value is -2.62. The van der Waals surface area contributed by atoms with Crippen LogP contribution in [-0.2, 0) is 26.3 Å². The first kappa shape index (κ1) is 29.6. The number of hydrogen-bond donors (Lipinski definition) is 1. The molecule has 0 bridgehead atoms. The van der Waals surface area contributed by atoms with Gasteiger partial charge in [-0.2, -0.15) is 12.7 Å². The summed E-state index contributed by atoms with van der Waals surface area (Å²) < 4.78 is 28.8. The normalized spacial score (nSPS) is 12.3. The molecule has 0 spiro atoms. The van der Waals surface area contributed by atoms with Crippen LogP contribution in [-0.4, -0.2) is 62.7 Å². The monoisotopic (exact) mass is 536 g/mol. The maximum Gasteiger partial charge on any atom is 0.304 e. The molecule has 2 rings (SSSR count). The number of benzene rings is 2. The highest BCUT2D eigenvalue weighted by atomic mass is 35.5. The van der Waals surface area contributed by atoms with E-state index >= 15 is 0 Å². The summed E-state index contributed by atoms with van der Waals surface area (Å²) in [6, 6.07) is 11.7. The van der Waals surface area contributed by atoms with Crippen LogP contribution in [0.5, 0.6) is 0 Å². The van der Waals surface area contributed by atoms with Gasteiger partial charge in [0.1, 0.15) is 12.6 Å². The van der Waals surface area contributed by atoms with E-state index in [4.69, 9.17) is 11.6 Å². The van der Waals surface area contributed by atoms with E-state index in [9.17, 15) is 18.0 Å². The van der Waals surface area contributed by atoms with Crippen molar-refractivity contribution in [1.29, 1.82) is 0 Å². The molecule has 2 aromatic rings. The smallest absolute Gasteiger partial charge is 0.304 e. The number of unbranched alkanes of at least 4 members (excludes halogenated alkanes) is 1. The Morgan fingerprint density at radius 1 is 1.08 bits per heavy atom. The van der Waals surface area contributed by atoms with Crippen molar-refractivity contribution in [2.75, 3.05) is 31.5 Å². The molecule has 0 radical (unpaired) electrons. The van der Waals surface area contributed by atoms with Crippen LogP contribution in [0.1, 0.15) is 43.4 Å². The van der Waals surface area contributed by atoms with E-state index in [-0.39, 0.29) is 12.5 Å². The molecule has 1 N–H and O–H groups in total. The molecule has 36 heavy (non-hydrogen) atoms. The summed E-state index contributed by atoms with van der Waals surface area (Å²) >= 11 is 6.36. The number of halogens is 1. The van der Waals surface area contributed by atoms with Crippen LogP contribution in [0.3, 0.4) is 0 Å². The Balaban J connectivity index is 2.48. The second kappa shape index (κ2) is 13.1. The van der Waals surface area contributed by atoms with E-state index < -0.39 is 28.7 Å². The van der Waals surface area contributed by atoms with E-state index in [2.05, 4.69) is 5.32 Å². The lowest BCUT2D eigenvalue weighted by atomic mass is 10.1. The number of anilines is 1. The molecule has 0 saturated heterocycles. The van der Waals surface area contributed by atoms with Crippen LogP contribution < -0.4 is 9.62 Å². The molecule has 8 nitrogen and oxygen atoms in total. The predicted octanol–water partition coefficient (Wildman–Crippen LogP) is 3.90. The van der Waals surface area contributed by atoms with E-state index in [1.165, 1.54) is 19.0 Å². The van der Waals surface area contributed by atoms with Crippen LogP contribution in [0.15, 0.2) is 42.5 Å². The molecule has 198 valence electrons. The average Bonchev–Trinajstić information content (AvgIpc) is 2.83. The highest BCUT2D eigenvalue weighted by Crippen LogP contribution is 2.26. The van der Waals surface area contributed by atoms with Gasteiger partial charge in [-0.15, -0.1) is 0 Å². The molecule has 0 aliphatic heterocycles. The van der Waals surface area contributed by atoms with E-state index in [0.29, 0.717) is 28.4 Å². The Kier molecular flexibility index (Phi) is 10.8. The first-order chi connectivity index (χ1) is 16.9. The first-order valence-corrected chi connectivity index (χ1v) is 13.8. The van der Waals surface area contributed by atoms with Gasteiger partial charge in [-0.3, -0.25) is 9.59 Å². The highest BCUT2D eigenvalue weighted by molar-refractivity contribution is 7.90. The Morgan fingerprint density at radius 3 is 2.36 bits per heavy atom. The van der Waals surface area contributed by atoms with Crippen LogP contribution in [0, 0.1) is 13.8 Å². The maximum absolute atomic E-state index is 13.8. The van der Waals surface area contributed by atoms with Gasteiger partial charge in [0, 0.05) is 32.2 Å². The van der Waals surface area contributed by atoms with Crippen molar-refractivity contribution >= 4 is 39.3 Å². The second-order valence-electron chi connectivity index (χ2n) is 9.02. The number of nitrogens with one attached hydrogen (secondary N) is 1. The van der Waals surface area contributed by atoms with Crippen molar-refractivity contribution in [3.8, 4) is 0 Å². The number of nitrogens with zero attached hydrogens (tertiary/aromatic N) is 3. The minimum absolute atomic E-state index is 0.0591. The highest BCUT2D eigenvalue weighted by Gasteiger charge is 2.33. The number of carbonyl (C=O) groups is 2. The van der Waals surface area contributed by atoms with Gasteiger partial charge < -0.3 is 10.2 Å². The lowest BCUT2D eigenvalue weighted by Crippen LogP contribution is -2.52. The van der Waals surface area contributed by atoms with Crippen molar-refractivity contribution in [3.63, 3.8) is 0 Å². The lowest BCUT2D eigenvalue weighted by Gasteiger charge is -2.33. The Bertz CT molecular complexity index is 1170. The number of carbonyl (C=O) groups excluding carboxylic acids is 2. The third-order valence-electron chi connectivity index (χ3n) is 5.95. The van der Waals surface area contributed by atoms with Crippen LogP contribution in [0.2, 0.25) is 5.02 Å². The first-order valence-electron chi connectivity index (χ1n) is 12.0. The molecular formula is C26H37ClN4O4S. The third kappa shape index (κ3) is 7.44. The minimum atomic E-state index is -4.01. The molecule has 2 amide bonds. The average molecular weight is 537 g/mol. The predicted molar refractivity (Wildman–Crippen MR) is 145 cm³/mol. The molecule has 0 fully saturated rings. The minimum Gasteiger partial charge on any atom is -0.354 e. The molecule has 0 unspecified atom stereocenters. The third-order valence-corrected chi connectivity index (χ3v) is 8.12. The fourth-order valence-corrected chi connectivity index (χ4v) is 4.93. The van der Waals surface area contributed by atoms with Crippen molar-refractivity contribution in [2.45, 2.75) is 53.1 Å². The van der Waals surface area contributed by atoms with Gasteiger partial charge in [-0.05, 0) is 56.0 Å². The van der Waals surface area contributed by atoms with Gasteiger partial charge >= 0.3 is 10.2 Å². The summed E-state index contributed by atoms with van der Waals surface area (Å²) in [6.45, 7) is 7.40. The fourth-order valence-electron chi connectivity index (χ4n) is 3.62. The molecule has 0 aromatic heterocycles. The van der Waals surface area contributed by atoms with Crippen molar-refractivity contribution in [1.82, 2.24) is 14.5 Å². The lowest BCUT2D eigenvalue weighted by molar-refractivity contribution is -0.139. The van der Waals surface area contributed by atoms with Gasteiger partial charge in [-0.25, -0.2) is 4.31 Å².